The Hall–Kier alpha value is -1.77. The average Bonchev–Trinajstić information content (AvgIpc) is 2.88. The molecule has 1 saturated heterocycles. The molecule has 0 saturated carbocycles. The van der Waals surface area contributed by atoms with Gasteiger partial charge in [0.15, 0.2) is 5.65 Å². The molecule has 2 aromatic heterocycles. The van der Waals surface area contributed by atoms with Gasteiger partial charge in [0.1, 0.15) is 24.2 Å². The van der Waals surface area contributed by atoms with Crippen LogP contribution in [0.5, 0.6) is 0 Å². The highest BCUT2D eigenvalue weighted by atomic mass is 16.5. The van der Waals surface area contributed by atoms with E-state index in [1.807, 2.05) is 0 Å². The van der Waals surface area contributed by atoms with Crippen molar-refractivity contribution in [3.63, 3.8) is 0 Å². The number of aromatic amines is 1. The molecule has 0 bridgehead atoms. The number of rotatable bonds is 2. The van der Waals surface area contributed by atoms with Crippen molar-refractivity contribution in [1.82, 2.24) is 19.5 Å². The second-order valence-electron chi connectivity index (χ2n) is 4.17. The number of fused-ring (bicyclic) bond motifs is 1. The SMILES string of the molecule is O=c1[nH]c2cncnc2n1[C@H]1C[C@@H](O)[C@@H](CO)O1. The molecular formula is C10H12N4O4. The van der Waals surface area contributed by atoms with Crippen LogP contribution in [0.3, 0.4) is 0 Å². The van der Waals surface area contributed by atoms with Gasteiger partial charge in [0.25, 0.3) is 0 Å². The van der Waals surface area contributed by atoms with Gasteiger partial charge in [-0.15, -0.1) is 0 Å². The zero-order valence-electron chi connectivity index (χ0n) is 9.35. The molecule has 0 radical (unpaired) electrons. The minimum Gasteiger partial charge on any atom is -0.394 e. The molecule has 96 valence electrons. The molecule has 8 nitrogen and oxygen atoms in total. The maximum absolute atomic E-state index is 11.8. The second kappa shape index (κ2) is 4.16. The van der Waals surface area contributed by atoms with Crippen LogP contribution < -0.4 is 5.69 Å². The zero-order chi connectivity index (χ0) is 12.7. The monoisotopic (exact) mass is 252 g/mol. The molecule has 1 aliphatic heterocycles. The standard InChI is InChI=1S/C10H12N4O4/c15-3-7-6(16)1-8(18-7)14-9-5(13-10(14)17)2-11-4-12-9/h2,4,6-8,15-16H,1,3H2,(H,13,17)/t6-,7-,8-/m1/s1. The van der Waals surface area contributed by atoms with Crippen molar-refractivity contribution in [2.75, 3.05) is 6.61 Å². The maximum Gasteiger partial charge on any atom is 0.329 e. The summed E-state index contributed by atoms with van der Waals surface area (Å²) in [5, 5.41) is 18.7. The number of imidazole rings is 1. The van der Waals surface area contributed by atoms with E-state index in [0.29, 0.717) is 11.2 Å². The van der Waals surface area contributed by atoms with Gasteiger partial charge in [0.05, 0.1) is 18.9 Å². The second-order valence-corrected chi connectivity index (χ2v) is 4.17. The molecule has 0 aliphatic carbocycles. The quantitative estimate of drug-likeness (QED) is 0.616. The fraction of sp³-hybridized carbons (Fsp3) is 0.500. The molecular weight excluding hydrogens is 240 g/mol. The van der Waals surface area contributed by atoms with Gasteiger partial charge in [-0.25, -0.2) is 19.3 Å². The van der Waals surface area contributed by atoms with Gasteiger partial charge in [-0.1, -0.05) is 0 Å². The zero-order valence-corrected chi connectivity index (χ0v) is 9.35. The maximum atomic E-state index is 11.8. The Morgan fingerprint density at radius 1 is 1.61 bits per heavy atom. The fourth-order valence-electron chi connectivity index (χ4n) is 2.18. The molecule has 0 amide bonds. The van der Waals surface area contributed by atoms with Crippen LogP contribution in [0, 0.1) is 0 Å². The lowest BCUT2D eigenvalue weighted by Gasteiger charge is -2.12. The molecule has 0 unspecified atom stereocenters. The summed E-state index contributed by atoms with van der Waals surface area (Å²) in [4.78, 5) is 22.3. The van der Waals surface area contributed by atoms with Crippen molar-refractivity contribution < 1.29 is 14.9 Å². The smallest absolute Gasteiger partial charge is 0.329 e. The van der Waals surface area contributed by atoms with Gasteiger partial charge < -0.3 is 19.9 Å². The van der Waals surface area contributed by atoms with Crippen molar-refractivity contribution in [2.24, 2.45) is 0 Å². The molecule has 0 aromatic carbocycles. The molecule has 1 fully saturated rings. The lowest BCUT2D eigenvalue weighted by atomic mass is 10.2. The lowest BCUT2D eigenvalue weighted by Crippen LogP contribution is -2.25. The number of hydrogen-bond donors (Lipinski definition) is 3. The van der Waals surface area contributed by atoms with E-state index in [0.717, 1.165) is 0 Å². The van der Waals surface area contributed by atoms with Crippen molar-refractivity contribution >= 4 is 11.2 Å². The third-order valence-electron chi connectivity index (χ3n) is 3.05. The van der Waals surface area contributed by atoms with Crippen molar-refractivity contribution in [3.8, 4) is 0 Å². The Morgan fingerprint density at radius 3 is 3.17 bits per heavy atom. The Kier molecular flexibility index (Phi) is 2.62. The molecule has 0 spiro atoms. The fourth-order valence-corrected chi connectivity index (χ4v) is 2.18. The van der Waals surface area contributed by atoms with E-state index in [9.17, 15) is 9.90 Å². The average molecular weight is 252 g/mol. The summed E-state index contributed by atoms with van der Waals surface area (Å²) in [7, 11) is 0. The van der Waals surface area contributed by atoms with Crippen LogP contribution in [-0.2, 0) is 4.74 Å². The van der Waals surface area contributed by atoms with Gasteiger partial charge >= 0.3 is 5.69 Å². The summed E-state index contributed by atoms with van der Waals surface area (Å²) in [5.74, 6) is 0. The molecule has 3 atom stereocenters. The van der Waals surface area contributed by atoms with Crippen LogP contribution in [0.25, 0.3) is 11.2 Å². The van der Waals surface area contributed by atoms with Crippen molar-refractivity contribution in [2.45, 2.75) is 24.9 Å². The van der Waals surface area contributed by atoms with Gasteiger partial charge in [-0.3, -0.25) is 0 Å². The molecule has 3 N–H and O–H groups in total. The van der Waals surface area contributed by atoms with Crippen molar-refractivity contribution in [1.29, 1.82) is 0 Å². The first kappa shape index (κ1) is 11.3. The highest BCUT2D eigenvalue weighted by Gasteiger charge is 2.36. The predicted octanol–water partition coefficient (Wildman–Crippen LogP) is -1.24. The van der Waals surface area contributed by atoms with Gasteiger partial charge in [0.2, 0.25) is 0 Å². The summed E-state index contributed by atoms with van der Waals surface area (Å²) in [6, 6.07) is 0. The number of aliphatic hydroxyl groups is 2. The number of H-pyrrole nitrogens is 1. The Balaban J connectivity index is 2.05. The summed E-state index contributed by atoms with van der Waals surface area (Å²) < 4.78 is 6.77. The molecule has 3 heterocycles. The minimum atomic E-state index is -0.793. The predicted molar refractivity (Wildman–Crippen MR) is 59.8 cm³/mol. The van der Waals surface area contributed by atoms with Crippen molar-refractivity contribution in [3.05, 3.63) is 23.0 Å². The number of nitrogens with one attached hydrogen (secondary N) is 1. The molecule has 18 heavy (non-hydrogen) atoms. The molecule has 3 rings (SSSR count). The Morgan fingerprint density at radius 2 is 2.44 bits per heavy atom. The number of aliphatic hydroxyl groups excluding tert-OH is 2. The van der Waals surface area contributed by atoms with Gasteiger partial charge in [0, 0.05) is 6.42 Å². The first-order valence-electron chi connectivity index (χ1n) is 5.55. The van der Waals surface area contributed by atoms with E-state index in [-0.39, 0.29) is 18.7 Å². The van der Waals surface area contributed by atoms with E-state index < -0.39 is 18.4 Å². The van der Waals surface area contributed by atoms with Crippen LogP contribution in [0.2, 0.25) is 0 Å². The van der Waals surface area contributed by atoms with Gasteiger partial charge in [-0.05, 0) is 0 Å². The molecule has 1 aliphatic rings. The topological polar surface area (TPSA) is 113 Å². The first-order valence-corrected chi connectivity index (χ1v) is 5.55. The van der Waals surface area contributed by atoms with Crippen LogP contribution in [-0.4, -0.2) is 48.5 Å². The van der Waals surface area contributed by atoms with Crippen LogP contribution >= 0.6 is 0 Å². The third-order valence-corrected chi connectivity index (χ3v) is 3.05. The van der Waals surface area contributed by atoms with Crippen LogP contribution in [0.15, 0.2) is 17.3 Å². The molecule has 2 aromatic rings. The summed E-state index contributed by atoms with van der Waals surface area (Å²) in [6.07, 6.45) is 0.971. The summed E-state index contributed by atoms with van der Waals surface area (Å²) >= 11 is 0. The summed E-state index contributed by atoms with van der Waals surface area (Å²) in [6.45, 7) is -0.288. The van der Waals surface area contributed by atoms with E-state index in [1.165, 1.54) is 17.1 Å². The highest BCUT2D eigenvalue weighted by Crippen LogP contribution is 2.28. The first-order chi connectivity index (χ1) is 8.70. The molecule has 8 heteroatoms. The van der Waals surface area contributed by atoms with Gasteiger partial charge in [-0.2, -0.15) is 0 Å². The van der Waals surface area contributed by atoms with E-state index in [1.54, 1.807) is 0 Å². The number of nitrogens with zero attached hydrogens (tertiary/aromatic N) is 3. The van der Waals surface area contributed by atoms with Crippen LogP contribution in [0.4, 0.5) is 0 Å². The third kappa shape index (κ3) is 1.62. The Bertz CT molecular complexity index is 622. The minimum absolute atomic E-state index is 0.238. The van der Waals surface area contributed by atoms with E-state index in [2.05, 4.69) is 15.0 Å². The van der Waals surface area contributed by atoms with Crippen LogP contribution in [0.1, 0.15) is 12.6 Å². The lowest BCUT2D eigenvalue weighted by molar-refractivity contribution is -0.0441. The van der Waals surface area contributed by atoms with E-state index in [4.69, 9.17) is 9.84 Å². The normalized spacial score (nSPS) is 28.0. The highest BCUT2D eigenvalue weighted by molar-refractivity contribution is 5.68. The van der Waals surface area contributed by atoms with E-state index >= 15 is 0 Å². The number of aromatic nitrogens is 4. The number of hydrogen-bond acceptors (Lipinski definition) is 6. The Labute approximate surface area is 101 Å². The largest absolute Gasteiger partial charge is 0.394 e. The number of ether oxygens (including phenoxy) is 1. The summed E-state index contributed by atoms with van der Waals surface area (Å²) in [5.41, 5.74) is 0.556.